The molecule has 0 aliphatic rings. The van der Waals surface area contributed by atoms with Gasteiger partial charge in [0.1, 0.15) is 0 Å². The van der Waals surface area contributed by atoms with Gasteiger partial charge in [-0.25, -0.2) is 0 Å². The summed E-state index contributed by atoms with van der Waals surface area (Å²) in [5, 5.41) is 21.5. The van der Waals surface area contributed by atoms with E-state index in [1.807, 2.05) is 54.6 Å². The van der Waals surface area contributed by atoms with Gasteiger partial charge in [-0.1, -0.05) is 18.2 Å². The van der Waals surface area contributed by atoms with E-state index in [0.29, 0.717) is 0 Å². The summed E-state index contributed by atoms with van der Waals surface area (Å²) in [5.74, 6) is 0. The lowest BCUT2D eigenvalue weighted by Crippen LogP contribution is -2.07. The molecule has 0 aliphatic heterocycles. The van der Waals surface area contributed by atoms with Crippen molar-refractivity contribution in [2.24, 2.45) is 0 Å². The molecular formula is C15H18BN3O3. The molecule has 3 N–H and O–H groups in total. The van der Waals surface area contributed by atoms with Crippen molar-refractivity contribution in [3.63, 3.8) is 0 Å². The molecule has 114 valence electrons. The zero-order chi connectivity index (χ0) is 16.3. The van der Waals surface area contributed by atoms with E-state index in [1.165, 1.54) is 0 Å². The fraction of sp³-hybridized carbons (Fsp3) is 0. The Kier molecular flexibility index (Phi) is 14.5. The Balaban J connectivity index is 0.000000271. The van der Waals surface area contributed by atoms with Crippen LogP contribution < -0.4 is 0 Å². The Morgan fingerprint density at radius 1 is 0.409 bits per heavy atom. The van der Waals surface area contributed by atoms with E-state index < -0.39 is 7.32 Å². The maximum absolute atomic E-state index is 7.17. The molecule has 0 saturated carbocycles. The predicted molar refractivity (Wildman–Crippen MR) is 85.1 cm³/mol. The second-order valence-electron chi connectivity index (χ2n) is 3.42. The molecule has 0 saturated heterocycles. The number of pyridine rings is 3. The van der Waals surface area contributed by atoms with Gasteiger partial charge in [-0.3, -0.25) is 15.0 Å². The molecule has 3 rings (SSSR count). The summed E-state index contributed by atoms with van der Waals surface area (Å²) in [6, 6.07) is 17.1. The number of aromatic nitrogens is 3. The maximum atomic E-state index is 7.17. The lowest BCUT2D eigenvalue weighted by molar-refractivity contribution is 0.278. The fourth-order valence-corrected chi connectivity index (χ4v) is 0.938. The third kappa shape index (κ3) is 19.7. The average Bonchev–Trinajstić information content (AvgIpc) is 2.60. The van der Waals surface area contributed by atoms with Gasteiger partial charge in [0.2, 0.25) is 0 Å². The Bertz CT molecular complexity index is 358. The molecule has 0 atom stereocenters. The van der Waals surface area contributed by atoms with Crippen molar-refractivity contribution in [2.75, 3.05) is 0 Å². The SMILES string of the molecule is OB(O)O.c1ccncc1.c1ccncc1.c1ccncc1. The molecule has 3 aromatic heterocycles. The minimum atomic E-state index is -2.17. The molecule has 0 aromatic carbocycles. The highest BCUT2D eigenvalue weighted by molar-refractivity contribution is 6.30. The van der Waals surface area contributed by atoms with Crippen molar-refractivity contribution >= 4 is 7.32 Å². The van der Waals surface area contributed by atoms with Gasteiger partial charge >= 0.3 is 7.32 Å². The predicted octanol–water partition coefficient (Wildman–Crippen LogP) is 1.19. The topological polar surface area (TPSA) is 99.4 Å². The second-order valence-corrected chi connectivity index (χ2v) is 3.42. The number of hydrogen-bond donors (Lipinski definition) is 3. The van der Waals surface area contributed by atoms with Crippen molar-refractivity contribution in [1.29, 1.82) is 0 Å². The van der Waals surface area contributed by atoms with Crippen molar-refractivity contribution < 1.29 is 15.1 Å². The van der Waals surface area contributed by atoms with Crippen LogP contribution in [0.1, 0.15) is 0 Å². The smallest absolute Gasteiger partial charge is 0.402 e. The van der Waals surface area contributed by atoms with Crippen LogP contribution in [0, 0.1) is 0 Å². The third-order valence-electron chi connectivity index (χ3n) is 1.70. The van der Waals surface area contributed by atoms with Crippen molar-refractivity contribution in [2.45, 2.75) is 0 Å². The van der Waals surface area contributed by atoms with Crippen LogP contribution >= 0.6 is 0 Å². The summed E-state index contributed by atoms with van der Waals surface area (Å²) in [4.78, 5) is 11.4. The summed E-state index contributed by atoms with van der Waals surface area (Å²) in [6.45, 7) is 0. The Morgan fingerprint density at radius 3 is 0.636 bits per heavy atom. The van der Waals surface area contributed by atoms with Gasteiger partial charge < -0.3 is 15.1 Å². The van der Waals surface area contributed by atoms with E-state index in [0.717, 1.165) is 0 Å². The van der Waals surface area contributed by atoms with Crippen LogP contribution in [0.2, 0.25) is 0 Å². The zero-order valence-corrected chi connectivity index (χ0v) is 11.9. The second kappa shape index (κ2) is 16.4. The highest BCUT2D eigenvalue weighted by Gasteiger charge is 1.92. The normalized spacial score (nSPS) is 7.77. The lowest BCUT2D eigenvalue weighted by Gasteiger charge is -1.70. The summed E-state index contributed by atoms with van der Waals surface area (Å²) in [5.41, 5.74) is 0. The largest absolute Gasteiger partial charge is 0.631 e. The third-order valence-corrected chi connectivity index (χ3v) is 1.70. The molecule has 0 fully saturated rings. The molecular weight excluding hydrogens is 281 g/mol. The van der Waals surface area contributed by atoms with E-state index in [1.54, 1.807) is 37.2 Å². The first-order chi connectivity index (χ1) is 10.7. The van der Waals surface area contributed by atoms with Crippen LogP contribution in [0.3, 0.4) is 0 Å². The Morgan fingerprint density at radius 2 is 0.591 bits per heavy atom. The molecule has 0 aliphatic carbocycles. The standard InChI is InChI=1S/3C5H5N.BH3O3/c3*1-2-4-6-5-3-1;2-1(3)4/h3*1-5H;2-4H. The van der Waals surface area contributed by atoms with Gasteiger partial charge in [0, 0.05) is 37.2 Å². The van der Waals surface area contributed by atoms with Crippen LogP contribution in [-0.2, 0) is 0 Å². The molecule has 0 unspecified atom stereocenters. The van der Waals surface area contributed by atoms with Gasteiger partial charge in [-0.2, -0.15) is 0 Å². The summed E-state index contributed by atoms with van der Waals surface area (Å²) < 4.78 is 0. The molecule has 0 radical (unpaired) electrons. The van der Waals surface area contributed by atoms with E-state index >= 15 is 0 Å². The fourth-order valence-electron chi connectivity index (χ4n) is 0.938. The first-order valence-corrected chi connectivity index (χ1v) is 6.32. The molecule has 7 heteroatoms. The zero-order valence-electron chi connectivity index (χ0n) is 11.9. The molecule has 3 aromatic rings. The van der Waals surface area contributed by atoms with E-state index in [-0.39, 0.29) is 0 Å². The molecule has 3 heterocycles. The maximum Gasteiger partial charge on any atom is 0.631 e. The van der Waals surface area contributed by atoms with Gasteiger partial charge in [0.05, 0.1) is 0 Å². The summed E-state index contributed by atoms with van der Waals surface area (Å²) in [6.07, 6.45) is 10.5. The first-order valence-electron chi connectivity index (χ1n) is 6.32. The number of nitrogens with zero attached hydrogens (tertiary/aromatic N) is 3. The van der Waals surface area contributed by atoms with Crippen molar-refractivity contribution in [3.05, 3.63) is 91.8 Å². The molecule has 0 spiro atoms. The van der Waals surface area contributed by atoms with E-state index in [2.05, 4.69) is 15.0 Å². The average molecular weight is 299 g/mol. The minimum absolute atomic E-state index is 1.75. The quantitative estimate of drug-likeness (QED) is 0.539. The first kappa shape index (κ1) is 19.4. The van der Waals surface area contributed by atoms with Crippen LogP contribution in [0.25, 0.3) is 0 Å². The minimum Gasteiger partial charge on any atom is -0.402 e. The Hall–Kier alpha value is -2.61. The van der Waals surface area contributed by atoms with Crippen molar-refractivity contribution in [1.82, 2.24) is 15.0 Å². The van der Waals surface area contributed by atoms with Gasteiger partial charge in [-0.15, -0.1) is 0 Å². The van der Waals surface area contributed by atoms with Crippen molar-refractivity contribution in [3.8, 4) is 0 Å². The molecule has 6 nitrogen and oxygen atoms in total. The van der Waals surface area contributed by atoms with E-state index in [4.69, 9.17) is 15.1 Å². The van der Waals surface area contributed by atoms with Gasteiger partial charge in [-0.05, 0) is 36.4 Å². The Labute approximate surface area is 130 Å². The van der Waals surface area contributed by atoms with E-state index in [9.17, 15) is 0 Å². The molecule has 0 amide bonds. The van der Waals surface area contributed by atoms with Crippen LogP contribution in [0.4, 0.5) is 0 Å². The monoisotopic (exact) mass is 299 g/mol. The summed E-state index contributed by atoms with van der Waals surface area (Å²) >= 11 is 0. The number of hydrogen-bond acceptors (Lipinski definition) is 6. The molecule has 22 heavy (non-hydrogen) atoms. The highest BCUT2D eigenvalue weighted by atomic mass is 16.5. The van der Waals surface area contributed by atoms with Gasteiger partial charge in [0.25, 0.3) is 0 Å². The van der Waals surface area contributed by atoms with Crippen LogP contribution in [0.5, 0.6) is 0 Å². The number of rotatable bonds is 0. The van der Waals surface area contributed by atoms with Gasteiger partial charge in [0.15, 0.2) is 0 Å². The summed E-state index contributed by atoms with van der Waals surface area (Å²) in [7, 11) is -2.17. The molecule has 0 bridgehead atoms. The highest BCUT2D eigenvalue weighted by Crippen LogP contribution is 1.74. The lowest BCUT2D eigenvalue weighted by atomic mass is 10.3. The van der Waals surface area contributed by atoms with Crippen LogP contribution in [-0.4, -0.2) is 37.3 Å². The van der Waals surface area contributed by atoms with Crippen LogP contribution in [0.15, 0.2) is 91.8 Å².